The van der Waals surface area contributed by atoms with Gasteiger partial charge in [0.1, 0.15) is 0 Å². The van der Waals surface area contributed by atoms with E-state index in [1.807, 2.05) is 31.2 Å². The van der Waals surface area contributed by atoms with E-state index in [1.54, 1.807) is 11.9 Å². The second-order valence-electron chi connectivity index (χ2n) is 5.06. The molecular formula is C16H17F3N2. The van der Waals surface area contributed by atoms with Crippen molar-refractivity contribution in [3.8, 4) is 0 Å². The molecule has 0 bridgehead atoms. The number of rotatable bonds is 3. The summed E-state index contributed by atoms with van der Waals surface area (Å²) in [6.45, 7) is 2.34. The van der Waals surface area contributed by atoms with Crippen LogP contribution in [0.3, 0.4) is 0 Å². The van der Waals surface area contributed by atoms with Gasteiger partial charge in [-0.05, 0) is 36.2 Å². The molecule has 112 valence electrons. The summed E-state index contributed by atoms with van der Waals surface area (Å²) < 4.78 is 39.4. The largest absolute Gasteiger partial charge is 0.418 e. The lowest BCUT2D eigenvalue weighted by Gasteiger charge is -2.24. The number of aryl methyl sites for hydroxylation is 1. The second kappa shape index (κ2) is 5.68. The summed E-state index contributed by atoms with van der Waals surface area (Å²) in [5.41, 5.74) is 7.04. The van der Waals surface area contributed by atoms with Gasteiger partial charge < -0.3 is 10.6 Å². The van der Waals surface area contributed by atoms with Gasteiger partial charge in [0, 0.05) is 25.0 Å². The average molecular weight is 294 g/mol. The van der Waals surface area contributed by atoms with Crippen molar-refractivity contribution >= 4 is 11.4 Å². The molecule has 0 radical (unpaired) electrons. The highest BCUT2D eigenvalue weighted by Crippen LogP contribution is 2.37. The molecule has 0 unspecified atom stereocenters. The van der Waals surface area contributed by atoms with Crippen molar-refractivity contribution in [1.29, 1.82) is 0 Å². The van der Waals surface area contributed by atoms with Gasteiger partial charge in [-0.3, -0.25) is 0 Å². The van der Waals surface area contributed by atoms with Gasteiger partial charge in [-0.15, -0.1) is 0 Å². The van der Waals surface area contributed by atoms with Gasteiger partial charge in [0.2, 0.25) is 0 Å². The normalized spacial score (nSPS) is 11.5. The number of nitrogens with zero attached hydrogens (tertiary/aromatic N) is 1. The molecule has 0 aliphatic carbocycles. The molecule has 0 fully saturated rings. The van der Waals surface area contributed by atoms with Crippen LogP contribution < -0.4 is 10.6 Å². The zero-order valence-corrected chi connectivity index (χ0v) is 11.9. The maximum absolute atomic E-state index is 13.1. The first kappa shape index (κ1) is 15.2. The molecule has 5 heteroatoms. The molecule has 2 N–H and O–H groups in total. The van der Waals surface area contributed by atoms with Gasteiger partial charge in [0.25, 0.3) is 0 Å². The van der Waals surface area contributed by atoms with Crippen LogP contribution in [0.15, 0.2) is 42.5 Å². The van der Waals surface area contributed by atoms with Crippen molar-refractivity contribution in [3.05, 3.63) is 59.2 Å². The van der Waals surface area contributed by atoms with Crippen LogP contribution in [0.2, 0.25) is 0 Å². The van der Waals surface area contributed by atoms with Gasteiger partial charge in [0.05, 0.1) is 5.56 Å². The van der Waals surface area contributed by atoms with E-state index in [0.29, 0.717) is 6.54 Å². The SMILES string of the molecule is Cc1ccccc1CN(C)c1ccc(N)cc1C(F)(F)F. The van der Waals surface area contributed by atoms with E-state index < -0.39 is 11.7 Å². The van der Waals surface area contributed by atoms with Crippen molar-refractivity contribution in [1.82, 2.24) is 0 Å². The van der Waals surface area contributed by atoms with Crippen LogP contribution >= 0.6 is 0 Å². The molecule has 2 aromatic rings. The molecule has 21 heavy (non-hydrogen) atoms. The van der Waals surface area contributed by atoms with Crippen molar-refractivity contribution < 1.29 is 13.2 Å². The number of nitrogens with two attached hydrogens (primary N) is 1. The Kier molecular flexibility index (Phi) is 4.11. The standard InChI is InChI=1S/C16H17F3N2/c1-11-5-3-4-6-12(11)10-21(2)15-8-7-13(20)9-14(15)16(17,18)19/h3-9H,10,20H2,1-2H3. The van der Waals surface area contributed by atoms with Crippen molar-refractivity contribution in [3.63, 3.8) is 0 Å². The lowest BCUT2D eigenvalue weighted by molar-refractivity contribution is -0.137. The summed E-state index contributed by atoms with van der Waals surface area (Å²) in [6.07, 6.45) is -4.43. The molecule has 0 aliphatic rings. The summed E-state index contributed by atoms with van der Waals surface area (Å²) in [5, 5.41) is 0. The Morgan fingerprint density at radius 2 is 1.76 bits per heavy atom. The zero-order valence-electron chi connectivity index (χ0n) is 11.9. The minimum atomic E-state index is -4.43. The first-order chi connectivity index (χ1) is 9.79. The van der Waals surface area contributed by atoms with Gasteiger partial charge in [-0.2, -0.15) is 13.2 Å². The summed E-state index contributed by atoms with van der Waals surface area (Å²) in [4.78, 5) is 1.59. The van der Waals surface area contributed by atoms with Crippen molar-refractivity contribution in [2.24, 2.45) is 0 Å². The number of halogens is 3. The predicted octanol–water partition coefficient (Wildman–Crippen LogP) is 4.23. The van der Waals surface area contributed by atoms with E-state index in [1.165, 1.54) is 12.1 Å². The van der Waals surface area contributed by atoms with E-state index in [2.05, 4.69) is 0 Å². The number of hydrogen-bond acceptors (Lipinski definition) is 2. The minimum absolute atomic E-state index is 0.107. The molecule has 0 aliphatic heterocycles. The van der Waals surface area contributed by atoms with Crippen LogP contribution in [0.25, 0.3) is 0 Å². The molecule has 2 aromatic carbocycles. The third kappa shape index (κ3) is 3.48. The molecular weight excluding hydrogens is 277 g/mol. The van der Waals surface area contributed by atoms with Crippen LogP contribution in [0.4, 0.5) is 24.5 Å². The number of anilines is 2. The molecule has 0 atom stereocenters. The molecule has 0 amide bonds. The first-order valence-corrected chi connectivity index (χ1v) is 6.51. The Hall–Kier alpha value is -2.17. The van der Waals surface area contributed by atoms with Crippen LogP contribution in [0.1, 0.15) is 16.7 Å². The number of alkyl halides is 3. The Balaban J connectivity index is 2.36. The average Bonchev–Trinajstić information content (AvgIpc) is 2.40. The summed E-state index contributed by atoms with van der Waals surface area (Å²) >= 11 is 0. The van der Waals surface area contributed by atoms with E-state index >= 15 is 0 Å². The van der Waals surface area contributed by atoms with Crippen LogP contribution in [0.5, 0.6) is 0 Å². The highest BCUT2D eigenvalue weighted by molar-refractivity contribution is 5.60. The van der Waals surface area contributed by atoms with Crippen LogP contribution in [0, 0.1) is 6.92 Å². The van der Waals surface area contributed by atoms with Gasteiger partial charge >= 0.3 is 6.18 Å². The van der Waals surface area contributed by atoms with Crippen LogP contribution in [-0.2, 0) is 12.7 Å². The fraction of sp³-hybridized carbons (Fsp3) is 0.250. The molecule has 2 nitrogen and oxygen atoms in total. The lowest BCUT2D eigenvalue weighted by atomic mass is 10.1. The topological polar surface area (TPSA) is 29.3 Å². The van der Waals surface area contributed by atoms with Gasteiger partial charge in [-0.25, -0.2) is 0 Å². The van der Waals surface area contributed by atoms with Gasteiger partial charge in [-0.1, -0.05) is 24.3 Å². The maximum atomic E-state index is 13.1. The van der Waals surface area contributed by atoms with E-state index in [9.17, 15) is 13.2 Å². The maximum Gasteiger partial charge on any atom is 0.418 e. The monoisotopic (exact) mass is 294 g/mol. The Morgan fingerprint density at radius 3 is 2.38 bits per heavy atom. The molecule has 0 saturated heterocycles. The minimum Gasteiger partial charge on any atom is -0.399 e. The first-order valence-electron chi connectivity index (χ1n) is 6.51. The third-order valence-corrected chi connectivity index (χ3v) is 3.41. The van der Waals surface area contributed by atoms with E-state index in [-0.39, 0.29) is 11.4 Å². The van der Waals surface area contributed by atoms with Crippen molar-refractivity contribution in [2.45, 2.75) is 19.6 Å². The second-order valence-corrected chi connectivity index (χ2v) is 5.06. The predicted molar refractivity (Wildman–Crippen MR) is 79.1 cm³/mol. The van der Waals surface area contributed by atoms with Gasteiger partial charge in [0.15, 0.2) is 0 Å². The summed E-state index contributed by atoms with van der Waals surface area (Å²) in [7, 11) is 1.65. The molecule has 0 spiro atoms. The van der Waals surface area contributed by atoms with Crippen LogP contribution in [-0.4, -0.2) is 7.05 Å². The number of benzene rings is 2. The Morgan fingerprint density at radius 1 is 1.10 bits per heavy atom. The zero-order chi connectivity index (χ0) is 15.6. The molecule has 0 saturated carbocycles. The highest BCUT2D eigenvalue weighted by atomic mass is 19.4. The molecule has 2 rings (SSSR count). The number of hydrogen-bond donors (Lipinski definition) is 1. The summed E-state index contributed by atoms with van der Waals surface area (Å²) in [6, 6.07) is 11.5. The fourth-order valence-electron chi connectivity index (χ4n) is 2.24. The van der Waals surface area contributed by atoms with E-state index in [4.69, 9.17) is 5.73 Å². The Bertz CT molecular complexity index is 636. The number of nitrogen functional groups attached to an aromatic ring is 1. The third-order valence-electron chi connectivity index (χ3n) is 3.41. The van der Waals surface area contributed by atoms with Crippen molar-refractivity contribution in [2.75, 3.05) is 17.7 Å². The quantitative estimate of drug-likeness (QED) is 0.858. The van der Waals surface area contributed by atoms with E-state index in [0.717, 1.165) is 17.2 Å². The molecule has 0 aromatic heterocycles. The molecule has 0 heterocycles. The fourth-order valence-corrected chi connectivity index (χ4v) is 2.24. The smallest absolute Gasteiger partial charge is 0.399 e. The summed E-state index contributed by atoms with van der Waals surface area (Å²) in [5.74, 6) is 0. The Labute approximate surface area is 122 Å². The highest BCUT2D eigenvalue weighted by Gasteiger charge is 2.34. The lowest BCUT2D eigenvalue weighted by Crippen LogP contribution is -2.21.